The van der Waals surface area contributed by atoms with Gasteiger partial charge in [0, 0.05) is 20.0 Å². The van der Waals surface area contributed by atoms with Gasteiger partial charge in [-0.1, -0.05) is 16.8 Å². The number of amides is 1. The summed E-state index contributed by atoms with van der Waals surface area (Å²) in [5.41, 5.74) is 2.84. The van der Waals surface area contributed by atoms with E-state index in [1.807, 2.05) is 10.7 Å². The summed E-state index contributed by atoms with van der Waals surface area (Å²) in [5.74, 6) is -0.642. The average Bonchev–Trinajstić information content (AvgIpc) is 3.11. The van der Waals surface area contributed by atoms with Gasteiger partial charge in [0.1, 0.15) is 21.7 Å². The second kappa shape index (κ2) is 7.31. The van der Waals surface area contributed by atoms with Gasteiger partial charge in [-0.3, -0.25) is 14.6 Å². The smallest absolute Gasteiger partial charge is 0.303 e. The Morgan fingerprint density at radius 3 is 2.71 bits per heavy atom. The van der Waals surface area contributed by atoms with Gasteiger partial charge in [-0.2, -0.15) is 0 Å². The molecule has 1 atom stereocenters. The van der Waals surface area contributed by atoms with Gasteiger partial charge in [-0.25, -0.2) is 9.67 Å². The van der Waals surface area contributed by atoms with Crippen LogP contribution in [0.15, 0.2) is 18.3 Å². The van der Waals surface area contributed by atoms with Crippen molar-refractivity contribution in [2.24, 2.45) is 0 Å². The van der Waals surface area contributed by atoms with Gasteiger partial charge in [0.2, 0.25) is 0 Å². The van der Waals surface area contributed by atoms with Crippen molar-refractivity contribution in [3.8, 4) is 0 Å². The highest BCUT2D eigenvalue weighted by atomic mass is 35.5. The lowest BCUT2D eigenvalue weighted by Gasteiger charge is -2.33. The van der Waals surface area contributed by atoms with Crippen LogP contribution >= 0.6 is 11.6 Å². The van der Waals surface area contributed by atoms with Crippen molar-refractivity contribution in [2.75, 3.05) is 13.1 Å². The van der Waals surface area contributed by atoms with E-state index in [-0.39, 0.29) is 11.9 Å². The summed E-state index contributed by atoms with van der Waals surface area (Å²) in [5, 5.41) is 8.92. The Hall–Kier alpha value is -2.81. The highest BCUT2D eigenvalue weighted by Crippen LogP contribution is 2.29. The third kappa shape index (κ3) is 3.37. The van der Waals surface area contributed by atoms with E-state index in [0.29, 0.717) is 42.1 Å². The third-order valence-corrected chi connectivity index (χ3v) is 5.13. The number of rotatable bonds is 3. The molecule has 146 valence electrons. The topological polar surface area (TPSA) is 103 Å². The van der Waals surface area contributed by atoms with E-state index < -0.39 is 12.1 Å². The zero-order valence-electron chi connectivity index (χ0n) is 15.5. The van der Waals surface area contributed by atoms with E-state index in [4.69, 9.17) is 16.3 Å². The van der Waals surface area contributed by atoms with Gasteiger partial charge in [-0.05, 0) is 31.9 Å². The normalized spacial score (nSPS) is 16.5. The molecule has 1 unspecified atom stereocenters. The van der Waals surface area contributed by atoms with E-state index in [9.17, 15) is 9.59 Å². The average molecular weight is 403 g/mol. The number of hydrogen-bond acceptors (Lipinski definition) is 7. The minimum atomic E-state index is -0.775. The Bertz CT molecular complexity index is 1060. The number of likely N-dealkylation sites (tertiary alicyclic amines) is 1. The summed E-state index contributed by atoms with van der Waals surface area (Å²) in [6.07, 6.45) is 2.32. The molecule has 1 aliphatic heterocycles. The number of ether oxygens (including phenoxy) is 1. The second-order valence-electron chi connectivity index (χ2n) is 6.84. The zero-order chi connectivity index (χ0) is 19.8. The molecule has 0 radical (unpaired) electrons. The van der Waals surface area contributed by atoms with Gasteiger partial charge in [0.05, 0.1) is 17.8 Å². The quantitative estimate of drug-likeness (QED) is 0.488. The molecule has 9 nitrogen and oxygen atoms in total. The minimum Gasteiger partial charge on any atom is -0.453 e. The fourth-order valence-corrected chi connectivity index (χ4v) is 3.75. The van der Waals surface area contributed by atoms with Crippen LogP contribution in [0.5, 0.6) is 0 Å². The van der Waals surface area contributed by atoms with Crippen molar-refractivity contribution in [3.05, 3.63) is 23.5 Å². The molecule has 4 heterocycles. The van der Waals surface area contributed by atoms with Crippen LogP contribution in [0.1, 0.15) is 32.7 Å². The molecule has 4 rings (SSSR count). The van der Waals surface area contributed by atoms with Crippen LogP contribution in [-0.2, 0) is 14.3 Å². The Kier molecular flexibility index (Phi) is 4.84. The SMILES string of the molecule is CC(=O)OC(C)C(=O)N1CCC(n2nnc3cnc4ccc(Cl)nc4c32)CC1. The molecule has 1 amide bonds. The van der Waals surface area contributed by atoms with Crippen LogP contribution in [0.25, 0.3) is 22.1 Å². The Balaban J connectivity index is 1.57. The Labute approximate surface area is 165 Å². The molecule has 0 bridgehead atoms. The maximum atomic E-state index is 12.4. The van der Waals surface area contributed by atoms with E-state index in [2.05, 4.69) is 20.3 Å². The lowest BCUT2D eigenvalue weighted by Crippen LogP contribution is -2.44. The summed E-state index contributed by atoms with van der Waals surface area (Å²) in [6, 6.07) is 3.59. The first-order valence-corrected chi connectivity index (χ1v) is 9.44. The number of halogens is 1. The van der Waals surface area contributed by atoms with Crippen molar-refractivity contribution in [1.82, 2.24) is 29.9 Å². The highest BCUT2D eigenvalue weighted by Gasteiger charge is 2.29. The van der Waals surface area contributed by atoms with E-state index in [0.717, 1.165) is 11.0 Å². The van der Waals surface area contributed by atoms with Crippen molar-refractivity contribution >= 4 is 45.5 Å². The van der Waals surface area contributed by atoms with E-state index >= 15 is 0 Å². The zero-order valence-corrected chi connectivity index (χ0v) is 16.3. The molecule has 0 spiro atoms. The second-order valence-corrected chi connectivity index (χ2v) is 7.22. The molecule has 28 heavy (non-hydrogen) atoms. The number of carbonyl (C=O) groups excluding carboxylic acids is 2. The maximum absolute atomic E-state index is 12.4. The first-order chi connectivity index (χ1) is 13.4. The van der Waals surface area contributed by atoms with Crippen molar-refractivity contribution in [2.45, 2.75) is 38.8 Å². The summed E-state index contributed by atoms with van der Waals surface area (Å²) in [6.45, 7) is 3.99. The lowest BCUT2D eigenvalue weighted by molar-refractivity contribution is -0.158. The number of fused-ring (bicyclic) bond motifs is 3. The molecule has 1 fully saturated rings. The van der Waals surface area contributed by atoms with Gasteiger partial charge in [-0.15, -0.1) is 5.10 Å². The monoisotopic (exact) mass is 402 g/mol. The summed E-state index contributed by atoms with van der Waals surface area (Å²) < 4.78 is 6.86. The molecule has 10 heteroatoms. The molecular weight excluding hydrogens is 384 g/mol. The number of hydrogen-bond donors (Lipinski definition) is 0. The standard InChI is InChI=1S/C18H19ClN6O3/c1-10(28-11(2)26)18(27)24-7-5-12(6-8-24)25-17-14(22-23-25)9-20-13-3-4-15(19)21-16(13)17/h3-4,9-10,12H,5-8H2,1-2H3. The van der Waals surface area contributed by atoms with E-state index in [1.165, 1.54) is 6.92 Å². The fourth-order valence-electron chi connectivity index (χ4n) is 3.60. The van der Waals surface area contributed by atoms with E-state index in [1.54, 1.807) is 24.1 Å². The third-order valence-electron chi connectivity index (χ3n) is 4.92. The highest BCUT2D eigenvalue weighted by molar-refractivity contribution is 6.30. The maximum Gasteiger partial charge on any atom is 0.303 e. The number of pyridine rings is 2. The summed E-state index contributed by atoms with van der Waals surface area (Å²) in [7, 11) is 0. The lowest BCUT2D eigenvalue weighted by atomic mass is 10.0. The van der Waals surface area contributed by atoms with Crippen LogP contribution in [0.3, 0.4) is 0 Å². The van der Waals surface area contributed by atoms with Crippen LogP contribution in [0.2, 0.25) is 5.15 Å². The Morgan fingerprint density at radius 1 is 1.25 bits per heavy atom. The first-order valence-electron chi connectivity index (χ1n) is 9.06. The predicted octanol–water partition coefficient (Wildman–Crippen LogP) is 2.14. The van der Waals surface area contributed by atoms with Gasteiger partial charge < -0.3 is 9.64 Å². The number of piperidine rings is 1. The molecule has 3 aromatic rings. The van der Waals surface area contributed by atoms with Crippen LogP contribution < -0.4 is 0 Å². The molecule has 0 aromatic carbocycles. The number of esters is 1. The largest absolute Gasteiger partial charge is 0.453 e. The van der Waals surface area contributed by atoms with Crippen LogP contribution in [0.4, 0.5) is 0 Å². The predicted molar refractivity (Wildman–Crippen MR) is 102 cm³/mol. The first kappa shape index (κ1) is 18.5. The van der Waals surface area contributed by atoms with Gasteiger partial charge >= 0.3 is 5.97 Å². The number of aromatic nitrogens is 5. The summed E-state index contributed by atoms with van der Waals surface area (Å²) >= 11 is 6.07. The molecule has 0 saturated carbocycles. The molecule has 0 N–H and O–H groups in total. The number of carbonyl (C=O) groups is 2. The Morgan fingerprint density at radius 2 is 2.00 bits per heavy atom. The minimum absolute atomic E-state index is 0.0736. The summed E-state index contributed by atoms with van der Waals surface area (Å²) in [4.78, 5) is 34.0. The molecule has 1 aliphatic rings. The van der Waals surface area contributed by atoms with Crippen molar-refractivity contribution in [1.29, 1.82) is 0 Å². The van der Waals surface area contributed by atoms with Crippen LogP contribution in [0, 0.1) is 0 Å². The van der Waals surface area contributed by atoms with Crippen molar-refractivity contribution < 1.29 is 14.3 Å². The van der Waals surface area contributed by atoms with Gasteiger partial charge in [0.15, 0.2) is 6.10 Å². The molecule has 0 aliphatic carbocycles. The number of nitrogens with zero attached hydrogens (tertiary/aromatic N) is 6. The van der Waals surface area contributed by atoms with Gasteiger partial charge in [0.25, 0.3) is 5.91 Å². The molecule has 3 aromatic heterocycles. The molecular formula is C18H19ClN6O3. The molecule has 1 saturated heterocycles. The fraction of sp³-hybridized carbons (Fsp3) is 0.444. The van der Waals surface area contributed by atoms with Crippen LogP contribution in [-0.4, -0.2) is 60.9 Å². The van der Waals surface area contributed by atoms with Crippen molar-refractivity contribution in [3.63, 3.8) is 0 Å².